The first-order chi connectivity index (χ1) is 8.56. The number of hydrogen-bond donors (Lipinski definition) is 2. The van der Waals surface area contributed by atoms with Crippen LogP contribution in [0.5, 0.6) is 0 Å². The van der Waals surface area contributed by atoms with E-state index < -0.39 is 24.0 Å². The van der Waals surface area contributed by atoms with Gasteiger partial charge in [0.25, 0.3) is 0 Å². The third kappa shape index (κ3) is 1.92. The van der Waals surface area contributed by atoms with E-state index in [1.54, 1.807) is 4.90 Å². The van der Waals surface area contributed by atoms with Gasteiger partial charge in [-0.1, -0.05) is 25.1 Å². The quantitative estimate of drug-likeness (QED) is 0.824. The average Bonchev–Trinajstić information content (AvgIpc) is 2.70. The number of aliphatic carboxylic acids is 1. The van der Waals surface area contributed by atoms with E-state index in [2.05, 4.69) is 0 Å². The molecular weight excluding hydrogens is 232 g/mol. The van der Waals surface area contributed by atoms with Crippen LogP contribution in [0.25, 0.3) is 0 Å². The van der Waals surface area contributed by atoms with Crippen molar-refractivity contribution in [2.45, 2.75) is 31.8 Å². The number of para-hydroxylation sites is 1. The van der Waals surface area contributed by atoms with Gasteiger partial charge >= 0.3 is 5.97 Å². The number of carbonyl (C=O) groups is 2. The molecule has 5 heteroatoms. The molecule has 0 aromatic heterocycles. The smallest absolute Gasteiger partial charge is 0.326 e. The SMILES string of the molecule is CCC(C(N)=O)N1c2ccccc2CC1C(=O)O. The molecule has 2 atom stereocenters. The minimum absolute atomic E-state index is 0.412. The van der Waals surface area contributed by atoms with Gasteiger partial charge in [0.1, 0.15) is 12.1 Å². The summed E-state index contributed by atoms with van der Waals surface area (Å²) in [5.74, 6) is -1.41. The maximum atomic E-state index is 11.5. The second-order valence-electron chi connectivity index (χ2n) is 4.42. The van der Waals surface area contributed by atoms with Crippen molar-refractivity contribution in [3.8, 4) is 0 Å². The van der Waals surface area contributed by atoms with Crippen LogP contribution in [0.4, 0.5) is 5.69 Å². The van der Waals surface area contributed by atoms with Crippen LogP contribution >= 0.6 is 0 Å². The zero-order valence-electron chi connectivity index (χ0n) is 10.2. The molecule has 1 aromatic rings. The summed E-state index contributed by atoms with van der Waals surface area (Å²) in [4.78, 5) is 24.5. The number of rotatable bonds is 4. The Bertz CT molecular complexity index is 471. The van der Waals surface area contributed by atoms with Crippen molar-refractivity contribution in [1.82, 2.24) is 0 Å². The van der Waals surface area contributed by atoms with E-state index in [-0.39, 0.29) is 0 Å². The molecule has 0 saturated heterocycles. The first-order valence-corrected chi connectivity index (χ1v) is 5.94. The third-order valence-electron chi connectivity index (χ3n) is 3.35. The van der Waals surface area contributed by atoms with E-state index in [0.717, 1.165) is 11.3 Å². The maximum Gasteiger partial charge on any atom is 0.326 e. The van der Waals surface area contributed by atoms with Crippen LogP contribution in [0.3, 0.4) is 0 Å². The molecule has 0 bridgehead atoms. The van der Waals surface area contributed by atoms with Gasteiger partial charge in [0.05, 0.1) is 0 Å². The number of nitrogens with zero attached hydrogens (tertiary/aromatic N) is 1. The van der Waals surface area contributed by atoms with Crippen LogP contribution in [0.1, 0.15) is 18.9 Å². The molecule has 1 amide bonds. The highest BCUT2D eigenvalue weighted by atomic mass is 16.4. The number of carboxylic acid groups (broad SMARTS) is 1. The molecule has 96 valence electrons. The van der Waals surface area contributed by atoms with E-state index in [4.69, 9.17) is 5.73 Å². The number of anilines is 1. The first-order valence-electron chi connectivity index (χ1n) is 5.94. The van der Waals surface area contributed by atoms with Gasteiger partial charge in [-0.05, 0) is 18.1 Å². The minimum Gasteiger partial charge on any atom is -0.480 e. The number of carboxylic acids is 1. The molecule has 2 rings (SSSR count). The standard InChI is InChI=1S/C13H16N2O3/c1-2-9(12(14)16)15-10-6-4-3-5-8(10)7-11(15)13(17)18/h3-6,9,11H,2,7H2,1H3,(H2,14,16)(H,17,18). The minimum atomic E-state index is -0.925. The Kier molecular flexibility index (Phi) is 3.23. The van der Waals surface area contributed by atoms with Crippen LogP contribution in [-0.4, -0.2) is 29.1 Å². The van der Waals surface area contributed by atoms with Gasteiger partial charge in [0.15, 0.2) is 0 Å². The molecule has 1 aromatic carbocycles. The molecule has 3 N–H and O–H groups in total. The van der Waals surface area contributed by atoms with Crippen molar-refractivity contribution in [1.29, 1.82) is 0 Å². The lowest BCUT2D eigenvalue weighted by atomic mass is 10.1. The maximum absolute atomic E-state index is 11.5. The van der Waals surface area contributed by atoms with Gasteiger partial charge in [-0.2, -0.15) is 0 Å². The predicted molar refractivity (Wildman–Crippen MR) is 67.3 cm³/mol. The van der Waals surface area contributed by atoms with Crippen LogP contribution in [0, 0.1) is 0 Å². The van der Waals surface area contributed by atoms with Crippen molar-refractivity contribution < 1.29 is 14.7 Å². The van der Waals surface area contributed by atoms with Gasteiger partial charge in [-0.3, -0.25) is 4.79 Å². The van der Waals surface area contributed by atoms with Crippen LogP contribution < -0.4 is 10.6 Å². The number of fused-ring (bicyclic) bond motifs is 1. The highest BCUT2D eigenvalue weighted by molar-refractivity contribution is 5.90. The predicted octanol–water partition coefficient (Wildman–Crippen LogP) is 0.766. The summed E-state index contributed by atoms with van der Waals surface area (Å²) in [6.07, 6.45) is 0.905. The molecular formula is C13H16N2O3. The number of primary amides is 1. The van der Waals surface area contributed by atoms with Crippen molar-refractivity contribution in [3.05, 3.63) is 29.8 Å². The van der Waals surface area contributed by atoms with Gasteiger partial charge in [-0.15, -0.1) is 0 Å². The van der Waals surface area contributed by atoms with Crippen molar-refractivity contribution >= 4 is 17.6 Å². The van der Waals surface area contributed by atoms with Crippen LogP contribution in [0.15, 0.2) is 24.3 Å². The zero-order valence-corrected chi connectivity index (χ0v) is 10.2. The number of amides is 1. The van der Waals surface area contributed by atoms with E-state index in [0.29, 0.717) is 12.8 Å². The summed E-state index contributed by atoms with van der Waals surface area (Å²) >= 11 is 0. The zero-order chi connectivity index (χ0) is 13.3. The second kappa shape index (κ2) is 4.68. The average molecular weight is 248 g/mol. The largest absolute Gasteiger partial charge is 0.480 e. The molecule has 0 radical (unpaired) electrons. The van der Waals surface area contributed by atoms with E-state index in [1.807, 2.05) is 31.2 Å². The van der Waals surface area contributed by atoms with Crippen LogP contribution in [-0.2, 0) is 16.0 Å². The van der Waals surface area contributed by atoms with Crippen molar-refractivity contribution in [2.75, 3.05) is 4.90 Å². The summed E-state index contributed by atoms with van der Waals surface area (Å²) < 4.78 is 0. The van der Waals surface area contributed by atoms with E-state index >= 15 is 0 Å². The lowest BCUT2D eigenvalue weighted by Crippen LogP contribution is -2.51. The van der Waals surface area contributed by atoms with Crippen LogP contribution in [0.2, 0.25) is 0 Å². The fourth-order valence-electron chi connectivity index (χ4n) is 2.54. The highest BCUT2D eigenvalue weighted by Crippen LogP contribution is 2.34. The second-order valence-corrected chi connectivity index (χ2v) is 4.42. The topological polar surface area (TPSA) is 83.6 Å². The first kappa shape index (κ1) is 12.4. The van der Waals surface area contributed by atoms with Crippen molar-refractivity contribution in [3.63, 3.8) is 0 Å². The Morgan fingerprint density at radius 1 is 1.50 bits per heavy atom. The molecule has 2 unspecified atom stereocenters. The summed E-state index contributed by atoms with van der Waals surface area (Å²) in [5.41, 5.74) is 7.12. The fraction of sp³-hybridized carbons (Fsp3) is 0.385. The molecule has 1 aliphatic rings. The summed E-state index contributed by atoms with van der Waals surface area (Å²) in [7, 11) is 0. The number of carbonyl (C=O) groups excluding carboxylic acids is 1. The summed E-state index contributed by atoms with van der Waals surface area (Å²) in [6, 6.07) is 6.15. The monoisotopic (exact) mass is 248 g/mol. The van der Waals surface area contributed by atoms with E-state index in [9.17, 15) is 14.7 Å². The Balaban J connectivity index is 2.45. The fourth-order valence-corrected chi connectivity index (χ4v) is 2.54. The number of hydrogen-bond acceptors (Lipinski definition) is 3. The normalized spacial score (nSPS) is 19.4. The molecule has 5 nitrogen and oxygen atoms in total. The Morgan fingerprint density at radius 3 is 2.72 bits per heavy atom. The lowest BCUT2D eigenvalue weighted by Gasteiger charge is -2.31. The Hall–Kier alpha value is -2.04. The molecule has 0 fully saturated rings. The van der Waals surface area contributed by atoms with E-state index in [1.165, 1.54) is 0 Å². The number of nitrogens with two attached hydrogens (primary N) is 1. The van der Waals surface area contributed by atoms with Gasteiger partial charge < -0.3 is 15.7 Å². The van der Waals surface area contributed by atoms with Crippen molar-refractivity contribution in [2.24, 2.45) is 5.73 Å². The molecule has 18 heavy (non-hydrogen) atoms. The summed E-state index contributed by atoms with van der Waals surface area (Å²) in [5, 5.41) is 9.29. The molecule has 0 spiro atoms. The number of benzene rings is 1. The van der Waals surface area contributed by atoms with Gasteiger partial charge in [0, 0.05) is 12.1 Å². The van der Waals surface area contributed by atoms with Gasteiger partial charge in [-0.25, -0.2) is 4.79 Å². The third-order valence-corrected chi connectivity index (χ3v) is 3.35. The lowest BCUT2D eigenvalue weighted by molar-refractivity contribution is -0.138. The highest BCUT2D eigenvalue weighted by Gasteiger charge is 2.39. The molecule has 0 aliphatic carbocycles. The Labute approximate surface area is 105 Å². The van der Waals surface area contributed by atoms with Gasteiger partial charge in [0.2, 0.25) is 5.91 Å². The molecule has 0 saturated carbocycles. The summed E-state index contributed by atoms with van der Waals surface area (Å²) in [6.45, 7) is 1.83. The molecule has 1 aliphatic heterocycles. The Morgan fingerprint density at radius 2 is 2.17 bits per heavy atom. The molecule has 1 heterocycles.